The molecule has 1 aliphatic rings. The van der Waals surface area contributed by atoms with E-state index in [4.69, 9.17) is 5.11 Å². The predicted molar refractivity (Wildman–Crippen MR) is 95.8 cm³/mol. The number of allylic oxidation sites excluding steroid dienone is 3. The lowest BCUT2D eigenvalue weighted by Crippen LogP contribution is -2.17. The van der Waals surface area contributed by atoms with Gasteiger partial charge in [-0.05, 0) is 63.7 Å². The Kier molecular flexibility index (Phi) is 10.3. The van der Waals surface area contributed by atoms with Crippen LogP contribution in [0.1, 0.15) is 70.6 Å². The van der Waals surface area contributed by atoms with Gasteiger partial charge in [0.25, 0.3) is 0 Å². The third-order valence-corrected chi connectivity index (χ3v) is 4.81. The fourth-order valence-electron chi connectivity index (χ4n) is 3.36. The number of aliphatic hydroxyl groups excluding tert-OH is 1. The highest BCUT2D eigenvalue weighted by Crippen LogP contribution is 2.34. The Hall–Kier alpha value is -1.42. The van der Waals surface area contributed by atoms with E-state index in [2.05, 4.69) is 18.7 Å². The first kappa shape index (κ1) is 20.6. The predicted octanol–water partition coefficient (Wildman–Crippen LogP) is 4.28. The molecule has 0 saturated heterocycles. The maximum absolute atomic E-state index is 12.1. The Morgan fingerprint density at radius 2 is 2.04 bits per heavy atom. The number of hydrogen-bond donors (Lipinski definition) is 2. The van der Waals surface area contributed by atoms with E-state index in [1.54, 1.807) is 0 Å². The summed E-state index contributed by atoms with van der Waals surface area (Å²) in [6.07, 6.45) is 14.1. The maximum Gasteiger partial charge on any atom is 0.303 e. The van der Waals surface area contributed by atoms with Gasteiger partial charge in [0, 0.05) is 18.8 Å². The molecule has 4 heteroatoms. The molecule has 1 fully saturated rings. The van der Waals surface area contributed by atoms with Gasteiger partial charge < -0.3 is 10.2 Å². The van der Waals surface area contributed by atoms with Gasteiger partial charge in [0.2, 0.25) is 0 Å². The van der Waals surface area contributed by atoms with Crippen molar-refractivity contribution in [3.8, 4) is 0 Å². The van der Waals surface area contributed by atoms with Crippen LogP contribution >= 0.6 is 0 Å². The average molecular weight is 336 g/mol. The lowest BCUT2D eigenvalue weighted by molar-refractivity contribution is -0.137. The lowest BCUT2D eigenvalue weighted by atomic mass is 9.88. The van der Waals surface area contributed by atoms with E-state index in [0.29, 0.717) is 25.0 Å². The molecule has 0 radical (unpaired) electrons. The van der Waals surface area contributed by atoms with Gasteiger partial charge in [-0.3, -0.25) is 9.59 Å². The van der Waals surface area contributed by atoms with Crippen LogP contribution < -0.4 is 0 Å². The van der Waals surface area contributed by atoms with Crippen LogP contribution in [0.5, 0.6) is 0 Å². The minimum Gasteiger partial charge on any atom is -0.481 e. The first-order valence-electron chi connectivity index (χ1n) is 9.24. The van der Waals surface area contributed by atoms with Gasteiger partial charge in [-0.2, -0.15) is 0 Å². The smallest absolute Gasteiger partial charge is 0.303 e. The molecule has 136 valence electrons. The Bertz CT molecular complexity index is 427. The second-order valence-electron chi connectivity index (χ2n) is 6.79. The van der Waals surface area contributed by atoms with Crippen LogP contribution in [0.4, 0.5) is 0 Å². The van der Waals surface area contributed by atoms with Gasteiger partial charge in [0.05, 0.1) is 6.10 Å². The quantitative estimate of drug-likeness (QED) is 0.389. The molecule has 0 aromatic heterocycles. The summed E-state index contributed by atoms with van der Waals surface area (Å²) in [5.41, 5.74) is 0. The number of carboxylic acid groups (broad SMARTS) is 1. The number of rotatable bonds is 13. The molecular formula is C20H32O4. The number of hydrogen-bond acceptors (Lipinski definition) is 3. The number of unbranched alkanes of at least 4 members (excludes halogenated alkanes) is 3. The fourth-order valence-corrected chi connectivity index (χ4v) is 3.36. The first-order valence-corrected chi connectivity index (χ1v) is 9.24. The molecule has 0 aromatic rings. The van der Waals surface area contributed by atoms with Crippen molar-refractivity contribution in [2.75, 3.05) is 0 Å². The number of ketones is 1. The van der Waals surface area contributed by atoms with Crippen molar-refractivity contribution in [1.29, 1.82) is 0 Å². The molecule has 0 heterocycles. The number of aliphatic carboxylic acids is 1. The summed E-state index contributed by atoms with van der Waals surface area (Å²) in [5, 5.41) is 18.6. The van der Waals surface area contributed by atoms with Crippen LogP contribution in [0.3, 0.4) is 0 Å². The van der Waals surface area contributed by atoms with Crippen LogP contribution in [0, 0.1) is 11.8 Å². The summed E-state index contributed by atoms with van der Waals surface area (Å²) < 4.78 is 0. The zero-order chi connectivity index (χ0) is 17.8. The van der Waals surface area contributed by atoms with Crippen LogP contribution in [0.15, 0.2) is 24.8 Å². The molecule has 0 aliphatic heterocycles. The summed E-state index contributed by atoms with van der Waals surface area (Å²) in [6, 6.07) is 0. The fraction of sp³-hybridized carbons (Fsp3) is 0.700. The molecule has 3 atom stereocenters. The van der Waals surface area contributed by atoms with Gasteiger partial charge in [0.1, 0.15) is 5.78 Å². The van der Waals surface area contributed by atoms with Gasteiger partial charge in [0.15, 0.2) is 0 Å². The highest BCUT2D eigenvalue weighted by molar-refractivity contribution is 5.83. The van der Waals surface area contributed by atoms with Crippen molar-refractivity contribution in [2.45, 2.75) is 76.7 Å². The zero-order valence-electron chi connectivity index (χ0n) is 14.7. The van der Waals surface area contributed by atoms with Gasteiger partial charge >= 0.3 is 5.97 Å². The van der Waals surface area contributed by atoms with Gasteiger partial charge in [-0.15, -0.1) is 6.58 Å². The lowest BCUT2D eigenvalue weighted by Gasteiger charge is -2.17. The molecule has 1 unspecified atom stereocenters. The Balaban J connectivity index is 2.29. The van der Waals surface area contributed by atoms with Crippen LogP contribution in [0.25, 0.3) is 0 Å². The Morgan fingerprint density at radius 3 is 2.75 bits per heavy atom. The zero-order valence-corrected chi connectivity index (χ0v) is 14.7. The van der Waals surface area contributed by atoms with Crippen molar-refractivity contribution in [3.63, 3.8) is 0 Å². The van der Waals surface area contributed by atoms with Crippen molar-refractivity contribution in [3.05, 3.63) is 24.8 Å². The number of carbonyl (C=O) groups excluding carboxylic acids is 1. The highest BCUT2D eigenvalue weighted by atomic mass is 16.4. The SMILES string of the molecule is C=CCCCC(O)CC[C@H]1C(=O)CC[C@@H]1C=CCCCCC(=O)O. The number of Topliss-reactive ketones (excluding diaryl/α,β-unsaturated/α-hetero) is 1. The molecule has 0 amide bonds. The molecule has 0 spiro atoms. The van der Waals surface area contributed by atoms with Crippen molar-refractivity contribution < 1.29 is 19.8 Å². The number of carbonyl (C=O) groups is 2. The molecule has 2 N–H and O–H groups in total. The Morgan fingerprint density at radius 1 is 1.25 bits per heavy atom. The van der Waals surface area contributed by atoms with Crippen molar-refractivity contribution >= 4 is 11.8 Å². The van der Waals surface area contributed by atoms with Crippen LogP contribution in [-0.4, -0.2) is 28.1 Å². The number of aliphatic hydroxyl groups is 1. The van der Waals surface area contributed by atoms with Crippen molar-refractivity contribution in [2.24, 2.45) is 11.8 Å². The molecule has 1 saturated carbocycles. The largest absolute Gasteiger partial charge is 0.481 e. The second kappa shape index (κ2) is 12.0. The molecular weight excluding hydrogens is 304 g/mol. The monoisotopic (exact) mass is 336 g/mol. The van der Waals surface area contributed by atoms with Gasteiger partial charge in [-0.1, -0.05) is 18.2 Å². The second-order valence-corrected chi connectivity index (χ2v) is 6.79. The summed E-state index contributed by atoms with van der Waals surface area (Å²) in [7, 11) is 0. The van der Waals surface area contributed by atoms with E-state index in [-0.39, 0.29) is 24.4 Å². The van der Waals surface area contributed by atoms with E-state index in [0.717, 1.165) is 44.9 Å². The van der Waals surface area contributed by atoms with E-state index in [1.807, 2.05) is 6.08 Å². The summed E-state index contributed by atoms with van der Waals surface area (Å²) in [5.74, 6) is -0.0763. The molecule has 4 nitrogen and oxygen atoms in total. The topological polar surface area (TPSA) is 74.6 Å². The van der Waals surface area contributed by atoms with E-state index >= 15 is 0 Å². The van der Waals surface area contributed by atoms with E-state index in [1.165, 1.54) is 0 Å². The minimum atomic E-state index is -0.743. The van der Waals surface area contributed by atoms with E-state index in [9.17, 15) is 14.7 Å². The normalized spacial score (nSPS) is 22.1. The average Bonchev–Trinajstić information content (AvgIpc) is 2.89. The summed E-state index contributed by atoms with van der Waals surface area (Å²) in [6.45, 7) is 3.68. The standard InChI is InChI=1S/C20H32O4/c1-2-3-6-10-17(21)13-14-18-16(12-15-19(18)22)9-7-4-5-8-11-20(23)24/h2,7,9,16-18,21H,1,3-6,8,10-15H2,(H,23,24)/t16-,17?,18+/m0/s1. The molecule has 1 rings (SSSR count). The summed E-state index contributed by atoms with van der Waals surface area (Å²) in [4.78, 5) is 22.5. The third kappa shape index (κ3) is 8.44. The Labute approximate surface area is 145 Å². The highest BCUT2D eigenvalue weighted by Gasteiger charge is 2.32. The molecule has 1 aliphatic carbocycles. The molecule has 24 heavy (non-hydrogen) atoms. The third-order valence-electron chi connectivity index (χ3n) is 4.81. The van der Waals surface area contributed by atoms with Crippen molar-refractivity contribution in [1.82, 2.24) is 0 Å². The number of carboxylic acids is 1. The van der Waals surface area contributed by atoms with Crippen LogP contribution in [0.2, 0.25) is 0 Å². The maximum atomic E-state index is 12.1. The molecule has 0 aromatic carbocycles. The van der Waals surface area contributed by atoms with Crippen LogP contribution in [-0.2, 0) is 9.59 Å². The minimum absolute atomic E-state index is 0.0503. The first-order chi connectivity index (χ1) is 11.5. The summed E-state index contributed by atoms with van der Waals surface area (Å²) >= 11 is 0. The van der Waals surface area contributed by atoms with E-state index < -0.39 is 5.97 Å². The molecule has 0 bridgehead atoms. The van der Waals surface area contributed by atoms with Gasteiger partial charge in [-0.25, -0.2) is 0 Å².